The summed E-state index contributed by atoms with van der Waals surface area (Å²) < 4.78 is 1.74. The number of aromatic nitrogens is 3. The molecule has 1 fully saturated rings. The molecule has 0 aliphatic carbocycles. The van der Waals surface area contributed by atoms with Crippen molar-refractivity contribution in [1.82, 2.24) is 25.2 Å². The fourth-order valence-corrected chi connectivity index (χ4v) is 4.35. The number of rotatable bonds is 7. The molecule has 10 heteroatoms. The van der Waals surface area contributed by atoms with Gasteiger partial charge in [0.2, 0.25) is 11.8 Å². The van der Waals surface area contributed by atoms with Gasteiger partial charge in [-0.15, -0.1) is 0 Å². The van der Waals surface area contributed by atoms with E-state index in [9.17, 15) is 14.4 Å². The van der Waals surface area contributed by atoms with Crippen molar-refractivity contribution in [2.24, 2.45) is 5.92 Å². The van der Waals surface area contributed by atoms with Crippen molar-refractivity contribution in [3.63, 3.8) is 0 Å². The summed E-state index contributed by atoms with van der Waals surface area (Å²) in [7, 11) is 0. The van der Waals surface area contributed by atoms with Gasteiger partial charge in [0.05, 0.1) is 5.92 Å². The quantitative estimate of drug-likeness (QED) is 0.695. The highest BCUT2D eigenvalue weighted by molar-refractivity contribution is 7.22. The highest BCUT2D eigenvalue weighted by atomic mass is 32.1. The fourth-order valence-electron chi connectivity index (χ4n) is 3.34. The molecule has 2 aromatic rings. The number of hydrogen-bond acceptors (Lipinski definition) is 7. The van der Waals surface area contributed by atoms with E-state index in [1.54, 1.807) is 0 Å². The molecule has 1 aliphatic rings. The maximum absolute atomic E-state index is 12.8. The fraction of sp³-hybridized carbons (Fsp3) is 0.632. The van der Waals surface area contributed by atoms with Gasteiger partial charge in [-0.25, -0.2) is 4.98 Å². The van der Waals surface area contributed by atoms with Gasteiger partial charge in [-0.2, -0.15) is 4.98 Å². The maximum atomic E-state index is 12.8. The van der Waals surface area contributed by atoms with Gasteiger partial charge in [-0.05, 0) is 33.1 Å². The first-order chi connectivity index (χ1) is 13.9. The molecular formula is C19H28N6O3S. The zero-order valence-electron chi connectivity index (χ0n) is 17.1. The van der Waals surface area contributed by atoms with Crippen molar-refractivity contribution in [1.29, 1.82) is 0 Å². The van der Waals surface area contributed by atoms with Crippen LogP contribution in [0.3, 0.4) is 0 Å². The van der Waals surface area contributed by atoms with Crippen LogP contribution in [-0.4, -0.2) is 52.0 Å². The van der Waals surface area contributed by atoms with Crippen molar-refractivity contribution in [2.75, 3.05) is 24.5 Å². The van der Waals surface area contributed by atoms with Crippen LogP contribution in [0.15, 0.2) is 11.1 Å². The second-order valence-corrected chi connectivity index (χ2v) is 8.36. The van der Waals surface area contributed by atoms with Crippen LogP contribution in [0, 0.1) is 5.92 Å². The molecule has 0 saturated carbocycles. The summed E-state index contributed by atoms with van der Waals surface area (Å²) in [6.45, 7) is 7.74. The molecule has 3 heterocycles. The van der Waals surface area contributed by atoms with Crippen molar-refractivity contribution < 1.29 is 9.59 Å². The van der Waals surface area contributed by atoms with Crippen molar-refractivity contribution in [2.45, 2.75) is 52.6 Å². The Bertz CT molecular complexity index is 940. The van der Waals surface area contributed by atoms with Gasteiger partial charge in [0.1, 0.15) is 17.6 Å². The van der Waals surface area contributed by atoms with E-state index in [4.69, 9.17) is 0 Å². The standard InChI is InChI=1S/C19H28N6O3S/c1-4-12(3)22-14(26)10-25-11-21-16-15(18(25)28)29-19(23-16)24-8-6-7-13(9-24)17(27)20-5-2/h11-13H,4-10H2,1-3H3,(H,20,27)(H,22,26)/t12-,13+/m0/s1. The first-order valence-electron chi connectivity index (χ1n) is 10.1. The van der Waals surface area contributed by atoms with Gasteiger partial charge in [0.25, 0.3) is 5.56 Å². The van der Waals surface area contributed by atoms with Crippen LogP contribution in [0.4, 0.5) is 5.13 Å². The molecule has 2 aromatic heterocycles. The predicted molar refractivity (Wildman–Crippen MR) is 113 cm³/mol. The molecular weight excluding hydrogens is 392 g/mol. The number of nitrogens with one attached hydrogen (secondary N) is 2. The van der Waals surface area contributed by atoms with Gasteiger partial charge in [0.15, 0.2) is 10.8 Å². The third kappa shape index (κ3) is 4.92. The molecule has 3 rings (SSSR count). The van der Waals surface area contributed by atoms with E-state index in [1.165, 1.54) is 22.2 Å². The number of carbonyl (C=O) groups is 2. The van der Waals surface area contributed by atoms with Gasteiger partial charge >= 0.3 is 0 Å². The summed E-state index contributed by atoms with van der Waals surface area (Å²) >= 11 is 1.27. The zero-order chi connectivity index (χ0) is 21.0. The third-order valence-electron chi connectivity index (χ3n) is 5.12. The predicted octanol–water partition coefficient (Wildman–Crippen LogP) is 1.12. The van der Waals surface area contributed by atoms with Crippen molar-refractivity contribution in [3.8, 4) is 0 Å². The Morgan fingerprint density at radius 2 is 2.17 bits per heavy atom. The Balaban J connectivity index is 1.78. The summed E-state index contributed by atoms with van der Waals surface area (Å²) in [6.07, 6.45) is 3.94. The summed E-state index contributed by atoms with van der Waals surface area (Å²) in [6, 6.07) is 0.0573. The Morgan fingerprint density at radius 1 is 1.38 bits per heavy atom. The maximum Gasteiger partial charge on any atom is 0.273 e. The highest BCUT2D eigenvalue weighted by Gasteiger charge is 2.27. The second-order valence-electron chi connectivity index (χ2n) is 7.38. The Hall–Kier alpha value is -2.49. The number of anilines is 1. The molecule has 0 aromatic carbocycles. The smallest absolute Gasteiger partial charge is 0.273 e. The second kappa shape index (κ2) is 9.34. The number of carbonyl (C=O) groups excluding carboxylic acids is 2. The summed E-state index contributed by atoms with van der Waals surface area (Å²) in [5, 5.41) is 6.43. The van der Waals surface area contributed by atoms with Crippen LogP contribution in [0.2, 0.25) is 0 Å². The van der Waals surface area contributed by atoms with Crippen LogP contribution in [0.1, 0.15) is 40.0 Å². The number of thiazole rings is 1. The average molecular weight is 421 g/mol. The van der Waals surface area contributed by atoms with Gasteiger partial charge < -0.3 is 15.5 Å². The van der Waals surface area contributed by atoms with Crippen molar-refractivity contribution in [3.05, 3.63) is 16.7 Å². The van der Waals surface area contributed by atoms with Gasteiger partial charge in [0, 0.05) is 25.7 Å². The molecule has 1 aliphatic heterocycles. The number of hydrogen-bond donors (Lipinski definition) is 2. The summed E-state index contributed by atoms with van der Waals surface area (Å²) in [4.78, 5) is 47.9. The van der Waals surface area contributed by atoms with Crippen LogP contribution in [-0.2, 0) is 16.1 Å². The minimum atomic E-state index is -0.268. The average Bonchev–Trinajstić information content (AvgIpc) is 3.15. The molecule has 2 N–H and O–H groups in total. The van der Waals surface area contributed by atoms with E-state index in [0.29, 0.717) is 28.6 Å². The molecule has 2 amide bonds. The number of fused-ring (bicyclic) bond motifs is 1. The Labute approximate surface area is 173 Å². The largest absolute Gasteiger partial charge is 0.356 e. The minimum Gasteiger partial charge on any atom is -0.356 e. The normalized spacial score (nSPS) is 17.9. The lowest BCUT2D eigenvalue weighted by Crippen LogP contribution is -2.43. The molecule has 0 radical (unpaired) electrons. The number of piperidine rings is 1. The van der Waals surface area contributed by atoms with E-state index in [2.05, 4.69) is 25.5 Å². The van der Waals surface area contributed by atoms with E-state index in [0.717, 1.165) is 25.8 Å². The minimum absolute atomic E-state index is 0.0573. The molecule has 2 atom stereocenters. The van der Waals surface area contributed by atoms with E-state index >= 15 is 0 Å². The van der Waals surface area contributed by atoms with E-state index < -0.39 is 0 Å². The highest BCUT2D eigenvalue weighted by Crippen LogP contribution is 2.29. The monoisotopic (exact) mass is 420 g/mol. The molecule has 0 bridgehead atoms. The van der Waals surface area contributed by atoms with Crippen LogP contribution in [0.25, 0.3) is 10.3 Å². The van der Waals surface area contributed by atoms with E-state index in [-0.39, 0.29) is 35.9 Å². The molecule has 0 spiro atoms. The number of nitrogens with zero attached hydrogens (tertiary/aromatic N) is 4. The number of amides is 2. The van der Waals surface area contributed by atoms with Crippen molar-refractivity contribution >= 4 is 38.6 Å². The Morgan fingerprint density at radius 3 is 2.90 bits per heavy atom. The third-order valence-corrected chi connectivity index (χ3v) is 6.21. The lowest BCUT2D eigenvalue weighted by Gasteiger charge is -2.31. The van der Waals surface area contributed by atoms with E-state index in [1.807, 2.05) is 20.8 Å². The molecule has 0 unspecified atom stereocenters. The summed E-state index contributed by atoms with van der Waals surface area (Å²) in [5.74, 6) is -0.233. The van der Waals surface area contributed by atoms with Gasteiger partial charge in [-0.3, -0.25) is 19.0 Å². The first-order valence-corrected chi connectivity index (χ1v) is 10.9. The lowest BCUT2D eigenvalue weighted by atomic mass is 9.97. The lowest BCUT2D eigenvalue weighted by molar-refractivity contribution is -0.125. The van der Waals surface area contributed by atoms with Crippen LogP contribution in [0.5, 0.6) is 0 Å². The first kappa shape index (κ1) is 21.2. The molecule has 1 saturated heterocycles. The van der Waals surface area contributed by atoms with Gasteiger partial charge in [-0.1, -0.05) is 18.3 Å². The SMILES string of the molecule is CCNC(=O)[C@@H]1CCCN(c2nc3ncn(CC(=O)N[C@@H](C)CC)c(=O)c3s2)C1. The van der Waals surface area contributed by atoms with Crippen LogP contribution < -0.4 is 21.1 Å². The topological polar surface area (TPSA) is 109 Å². The summed E-state index contributed by atoms with van der Waals surface area (Å²) in [5.41, 5.74) is 0.115. The zero-order valence-corrected chi connectivity index (χ0v) is 17.9. The molecule has 29 heavy (non-hydrogen) atoms. The Kier molecular flexibility index (Phi) is 6.83. The molecule has 158 valence electrons. The molecule has 9 nitrogen and oxygen atoms in total. The van der Waals surface area contributed by atoms with Crippen LogP contribution >= 0.6 is 11.3 Å².